The molecule has 1 atom stereocenters. The molecule has 1 aromatic carbocycles. The van der Waals surface area contributed by atoms with Gasteiger partial charge in [0.1, 0.15) is 5.76 Å². The van der Waals surface area contributed by atoms with Gasteiger partial charge in [0.25, 0.3) is 0 Å². The molecule has 110 valence electrons. The smallest absolute Gasteiger partial charge is 0.111 e. The van der Waals surface area contributed by atoms with Crippen molar-refractivity contribution in [3.63, 3.8) is 0 Å². The molecule has 0 spiro atoms. The molecule has 3 heteroatoms. The second-order valence-corrected chi connectivity index (χ2v) is 5.43. The van der Waals surface area contributed by atoms with E-state index >= 15 is 0 Å². The highest BCUT2D eigenvalue weighted by Gasteiger charge is 2.40. The molecule has 1 aliphatic rings. The molecule has 2 rings (SSSR count). The van der Waals surface area contributed by atoms with E-state index in [4.69, 9.17) is 10.6 Å². The number of benzene rings is 1. The van der Waals surface area contributed by atoms with Crippen LogP contribution in [0.4, 0.5) is 0 Å². The van der Waals surface area contributed by atoms with Crippen LogP contribution in [-0.4, -0.2) is 12.6 Å². The Morgan fingerprint density at radius 1 is 1.25 bits per heavy atom. The van der Waals surface area contributed by atoms with Gasteiger partial charge in [-0.2, -0.15) is 0 Å². The number of hydrazine groups is 1. The number of allylic oxidation sites excluding steroid dienone is 1. The third-order valence-corrected chi connectivity index (χ3v) is 4.58. The molecule has 1 heterocycles. The second kappa shape index (κ2) is 6.91. The maximum Gasteiger partial charge on any atom is 0.111 e. The lowest BCUT2D eigenvalue weighted by molar-refractivity contribution is 0.135. The van der Waals surface area contributed by atoms with E-state index in [2.05, 4.69) is 55.7 Å². The van der Waals surface area contributed by atoms with Crippen molar-refractivity contribution in [2.24, 2.45) is 5.84 Å². The van der Waals surface area contributed by atoms with E-state index in [0.717, 1.165) is 38.0 Å². The molecular weight excluding hydrogens is 248 g/mol. The average molecular weight is 274 g/mol. The minimum absolute atomic E-state index is 0.0280. The van der Waals surface area contributed by atoms with Crippen LogP contribution in [0.25, 0.3) is 0 Å². The first-order valence-corrected chi connectivity index (χ1v) is 7.63. The van der Waals surface area contributed by atoms with Crippen LogP contribution in [0.3, 0.4) is 0 Å². The van der Waals surface area contributed by atoms with Crippen LogP contribution in [0.5, 0.6) is 0 Å². The minimum Gasteiger partial charge on any atom is -0.497 e. The average Bonchev–Trinajstić information content (AvgIpc) is 2.54. The Kier molecular flexibility index (Phi) is 5.21. The van der Waals surface area contributed by atoms with Gasteiger partial charge in [0.15, 0.2) is 0 Å². The van der Waals surface area contributed by atoms with E-state index in [1.807, 2.05) is 0 Å². The number of nitrogens with one attached hydrogen (secondary N) is 1. The van der Waals surface area contributed by atoms with Crippen LogP contribution in [-0.2, 0) is 10.2 Å². The summed E-state index contributed by atoms with van der Waals surface area (Å²) < 4.78 is 5.88. The quantitative estimate of drug-likeness (QED) is 0.618. The van der Waals surface area contributed by atoms with Gasteiger partial charge < -0.3 is 4.74 Å². The summed E-state index contributed by atoms with van der Waals surface area (Å²) >= 11 is 0. The molecule has 0 radical (unpaired) electrons. The molecule has 0 aliphatic carbocycles. The Hall–Kier alpha value is -1.32. The molecule has 0 saturated heterocycles. The Morgan fingerprint density at radius 3 is 2.45 bits per heavy atom. The highest BCUT2D eigenvalue weighted by molar-refractivity contribution is 5.31. The number of rotatable bonds is 6. The Labute approximate surface area is 122 Å². The summed E-state index contributed by atoms with van der Waals surface area (Å²) in [6.07, 6.45) is 6.40. The maximum atomic E-state index is 5.91. The number of hydrogen-bond acceptors (Lipinski definition) is 3. The predicted octanol–water partition coefficient (Wildman–Crippen LogP) is 3.27. The van der Waals surface area contributed by atoms with Gasteiger partial charge in [-0.15, -0.1) is 0 Å². The van der Waals surface area contributed by atoms with Crippen molar-refractivity contribution in [1.29, 1.82) is 0 Å². The van der Waals surface area contributed by atoms with Crippen molar-refractivity contribution in [3.8, 4) is 0 Å². The van der Waals surface area contributed by atoms with Crippen molar-refractivity contribution >= 4 is 0 Å². The molecule has 0 amide bonds. The van der Waals surface area contributed by atoms with Gasteiger partial charge in [0.05, 0.1) is 12.6 Å². The molecule has 3 N–H and O–H groups in total. The summed E-state index contributed by atoms with van der Waals surface area (Å²) in [6.45, 7) is 5.25. The molecule has 0 fully saturated rings. The zero-order chi connectivity index (χ0) is 14.4. The van der Waals surface area contributed by atoms with Gasteiger partial charge in [0.2, 0.25) is 0 Å². The fraction of sp³-hybridized carbons (Fsp3) is 0.529. The van der Waals surface area contributed by atoms with Gasteiger partial charge >= 0.3 is 0 Å². The normalized spacial score (nSPS) is 17.2. The Morgan fingerprint density at radius 2 is 1.95 bits per heavy atom. The molecule has 20 heavy (non-hydrogen) atoms. The van der Waals surface area contributed by atoms with Gasteiger partial charge in [-0.3, -0.25) is 5.84 Å². The van der Waals surface area contributed by atoms with Crippen molar-refractivity contribution in [1.82, 2.24) is 5.43 Å². The topological polar surface area (TPSA) is 47.3 Å². The second-order valence-electron chi connectivity index (χ2n) is 5.43. The standard InChI is InChI=1S/C17H26N2O/c1-3-17(4-2,14-10-6-5-7-11-14)16(19-18)15-12-8-9-13-20-15/h5-7,10-12,16,19H,3-4,8-9,13,18H2,1-2H3. The lowest BCUT2D eigenvalue weighted by Crippen LogP contribution is -2.52. The first-order valence-electron chi connectivity index (χ1n) is 7.63. The Bertz CT molecular complexity index is 438. The molecule has 0 bridgehead atoms. The van der Waals surface area contributed by atoms with Crippen molar-refractivity contribution in [2.45, 2.75) is 51.0 Å². The van der Waals surface area contributed by atoms with E-state index in [1.54, 1.807) is 0 Å². The summed E-state index contributed by atoms with van der Waals surface area (Å²) in [4.78, 5) is 0. The third-order valence-electron chi connectivity index (χ3n) is 4.58. The number of hydrogen-bond donors (Lipinski definition) is 2. The minimum atomic E-state index is -0.0286. The first-order chi connectivity index (χ1) is 9.78. The van der Waals surface area contributed by atoms with Crippen LogP contribution >= 0.6 is 0 Å². The lowest BCUT2D eigenvalue weighted by Gasteiger charge is -2.41. The molecule has 0 aromatic heterocycles. The fourth-order valence-electron chi connectivity index (χ4n) is 3.29. The van der Waals surface area contributed by atoms with Crippen LogP contribution in [0.2, 0.25) is 0 Å². The maximum absolute atomic E-state index is 5.91. The summed E-state index contributed by atoms with van der Waals surface area (Å²) in [7, 11) is 0. The van der Waals surface area contributed by atoms with Crippen molar-refractivity contribution in [2.75, 3.05) is 6.61 Å². The third kappa shape index (κ3) is 2.74. The van der Waals surface area contributed by atoms with Crippen LogP contribution in [0, 0.1) is 0 Å². The van der Waals surface area contributed by atoms with Gasteiger partial charge in [0, 0.05) is 5.41 Å². The van der Waals surface area contributed by atoms with Crippen LogP contribution in [0.1, 0.15) is 45.1 Å². The highest BCUT2D eigenvalue weighted by Crippen LogP contribution is 2.38. The largest absolute Gasteiger partial charge is 0.497 e. The van der Waals surface area contributed by atoms with E-state index in [1.165, 1.54) is 5.56 Å². The van der Waals surface area contributed by atoms with E-state index in [0.29, 0.717) is 0 Å². The molecule has 3 nitrogen and oxygen atoms in total. The number of nitrogens with two attached hydrogens (primary N) is 1. The van der Waals surface area contributed by atoms with Crippen molar-refractivity contribution < 1.29 is 4.74 Å². The molecule has 0 saturated carbocycles. The fourth-order valence-corrected chi connectivity index (χ4v) is 3.29. The van der Waals surface area contributed by atoms with E-state index in [-0.39, 0.29) is 11.5 Å². The van der Waals surface area contributed by atoms with E-state index < -0.39 is 0 Å². The summed E-state index contributed by atoms with van der Waals surface area (Å²) in [5.41, 5.74) is 4.31. The summed E-state index contributed by atoms with van der Waals surface area (Å²) in [5.74, 6) is 6.91. The molecule has 1 unspecified atom stereocenters. The van der Waals surface area contributed by atoms with Gasteiger partial charge in [-0.25, -0.2) is 5.43 Å². The SMILES string of the molecule is CCC(CC)(c1ccccc1)C(NN)C1=CCCCO1. The zero-order valence-electron chi connectivity index (χ0n) is 12.6. The summed E-state index contributed by atoms with van der Waals surface area (Å²) in [6, 6.07) is 10.7. The highest BCUT2D eigenvalue weighted by atomic mass is 16.5. The Balaban J connectivity index is 2.42. The van der Waals surface area contributed by atoms with Crippen LogP contribution < -0.4 is 11.3 Å². The molecule has 1 aliphatic heterocycles. The number of ether oxygens (including phenoxy) is 1. The van der Waals surface area contributed by atoms with Gasteiger partial charge in [-0.1, -0.05) is 44.2 Å². The summed E-state index contributed by atoms with van der Waals surface area (Å²) in [5, 5.41) is 0. The molecule has 1 aromatic rings. The zero-order valence-corrected chi connectivity index (χ0v) is 12.6. The molecular formula is C17H26N2O. The van der Waals surface area contributed by atoms with E-state index in [9.17, 15) is 0 Å². The van der Waals surface area contributed by atoms with Crippen molar-refractivity contribution in [3.05, 3.63) is 47.7 Å². The van der Waals surface area contributed by atoms with Crippen LogP contribution in [0.15, 0.2) is 42.2 Å². The monoisotopic (exact) mass is 274 g/mol. The predicted molar refractivity (Wildman–Crippen MR) is 83.1 cm³/mol. The first kappa shape index (κ1) is 15.1. The van der Waals surface area contributed by atoms with Gasteiger partial charge in [-0.05, 0) is 37.3 Å². The lowest BCUT2D eigenvalue weighted by atomic mass is 9.69.